The molecule has 2 aromatic rings. The molecule has 0 amide bonds. The summed E-state index contributed by atoms with van der Waals surface area (Å²) in [5.41, 5.74) is 3.00. The van der Waals surface area contributed by atoms with E-state index in [2.05, 4.69) is 6.92 Å². The molecular formula is C21H26O4. The maximum atomic E-state index is 12.4. The van der Waals surface area contributed by atoms with Crippen molar-refractivity contribution in [1.29, 1.82) is 0 Å². The van der Waals surface area contributed by atoms with Crippen LogP contribution in [0.1, 0.15) is 53.2 Å². The Kier molecular flexibility index (Phi) is 6.45. The van der Waals surface area contributed by atoms with E-state index in [-0.39, 0.29) is 29.5 Å². The molecule has 4 heteroatoms. The van der Waals surface area contributed by atoms with Crippen LogP contribution in [0, 0.1) is 13.8 Å². The van der Waals surface area contributed by atoms with Gasteiger partial charge in [0.2, 0.25) is 5.78 Å². The van der Waals surface area contributed by atoms with E-state index in [1.807, 2.05) is 32.0 Å². The maximum absolute atomic E-state index is 12.4. The fraction of sp³-hybridized carbons (Fsp3) is 0.381. The first-order chi connectivity index (χ1) is 11.9. The van der Waals surface area contributed by atoms with Crippen molar-refractivity contribution >= 4 is 5.78 Å². The number of rotatable bonds is 8. The van der Waals surface area contributed by atoms with Gasteiger partial charge < -0.3 is 14.9 Å². The molecule has 0 heterocycles. The van der Waals surface area contributed by atoms with Crippen LogP contribution in [0.5, 0.6) is 17.2 Å². The van der Waals surface area contributed by atoms with E-state index in [1.54, 1.807) is 6.07 Å². The van der Waals surface area contributed by atoms with Gasteiger partial charge in [-0.15, -0.1) is 0 Å². The zero-order valence-electron chi connectivity index (χ0n) is 15.1. The van der Waals surface area contributed by atoms with E-state index >= 15 is 0 Å². The maximum Gasteiger partial charge on any atom is 0.203 e. The van der Waals surface area contributed by atoms with Gasteiger partial charge in [-0.25, -0.2) is 0 Å². The van der Waals surface area contributed by atoms with Gasteiger partial charge in [0.1, 0.15) is 17.2 Å². The second-order valence-electron chi connectivity index (χ2n) is 6.49. The van der Waals surface area contributed by atoms with E-state index < -0.39 is 0 Å². The molecule has 0 aromatic heterocycles. The lowest BCUT2D eigenvalue weighted by Gasteiger charge is -2.11. The Labute approximate surface area is 149 Å². The van der Waals surface area contributed by atoms with Gasteiger partial charge in [-0.05, 0) is 61.6 Å². The quantitative estimate of drug-likeness (QED) is 0.538. The fourth-order valence-corrected chi connectivity index (χ4v) is 2.85. The second kappa shape index (κ2) is 8.56. The van der Waals surface area contributed by atoms with Gasteiger partial charge in [0, 0.05) is 6.07 Å². The summed E-state index contributed by atoms with van der Waals surface area (Å²) in [6.45, 7) is 5.89. The molecule has 0 saturated heterocycles. The van der Waals surface area contributed by atoms with Crippen molar-refractivity contribution in [3.8, 4) is 17.2 Å². The van der Waals surface area contributed by atoms with Crippen LogP contribution in [0.3, 0.4) is 0 Å². The summed E-state index contributed by atoms with van der Waals surface area (Å²) in [5.74, 6) is 0.131. The summed E-state index contributed by atoms with van der Waals surface area (Å²) >= 11 is 0. The first-order valence-electron chi connectivity index (χ1n) is 8.70. The van der Waals surface area contributed by atoms with E-state index in [4.69, 9.17) is 4.74 Å². The van der Waals surface area contributed by atoms with Gasteiger partial charge in [-0.2, -0.15) is 0 Å². The highest BCUT2D eigenvalue weighted by molar-refractivity contribution is 6.00. The standard InChI is InChI=1S/C21H26O4/c1-4-5-6-7-16-11-18(20(23)12-19(16)22)21(24)13-25-17-9-14(2)8-15(3)10-17/h8-12,22-23H,4-7,13H2,1-3H3. The average Bonchev–Trinajstić information content (AvgIpc) is 2.54. The lowest BCUT2D eigenvalue weighted by molar-refractivity contribution is 0.0918. The first-order valence-corrected chi connectivity index (χ1v) is 8.70. The van der Waals surface area contributed by atoms with Crippen LogP contribution in [-0.4, -0.2) is 22.6 Å². The SMILES string of the molecule is CCCCCc1cc(C(=O)COc2cc(C)cc(C)c2)c(O)cc1O. The first kappa shape index (κ1) is 18.8. The van der Waals surface area contributed by atoms with Crippen molar-refractivity contribution in [2.24, 2.45) is 0 Å². The summed E-state index contributed by atoms with van der Waals surface area (Å²) in [4.78, 5) is 12.4. The summed E-state index contributed by atoms with van der Waals surface area (Å²) in [7, 11) is 0. The van der Waals surface area contributed by atoms with Crippen LogP contribution in [0.25, 0.3) is 0 Å². The van der Waals surface area contributed by atoms with Crippen LogP contribution in [-0.2, 0) is 6.42 Å². The van der Waals surface area contributed by atoms with E-state index in [1.165, 1.54) is 6.07 Å². The van der Waals surface area contributed by atoms with Crippen LogP contribution in [0.4, 0.5) is 0 Å². The molecule has 2 aromatic carbocycles. The number of carbonyl (C=O) groups is 1. The van der Waals surface area contributed by atoms with Gasteiger partial charge >= 0.3 is 0 Å². The molecule has 0 aliphatic rings. The van der Waals surface area contributed by atoms with Crippen molar-refractivity contribution in [3.05, 3.63) is 52.6 Å². The van der Waals surface area contributed by atoms with Gasteiger partial charge in [0.05, 0.1) is 5.56 Å². The third kappa shape index (κ3) is 5.24. The number of hydrogen-bond donors (Lipinski definition) is 2. The van der Waals surface area contributed by atoms with Crippen LogP contribution in [0.2, 0.25) is 0 Å². The van der Waals surface area contributed by atoms with E-state index in [0.717, 1.165) is 30.4 Å². The minimum Gasteiger partial charge on any atom is -0.508 e. The predicted octanol–water partition coefficient (Wildman–Crippen LogP) is 4.71. The molecule has 0 aliphatic heterocycles. The monoisotopic (exact) mass is 342 g/mol. The number of aryl methyl sites for hydroxylation is 3. The molecule has 0 atom stereocenters. The number of benzene rings is 2. The van der Waals surface area contributed by atoms with Crippen LogP contribution in [0.15, 0.2) is 30.3 Å². The normalized spacial score (nSPS) is 10.7. The minimum absolute atomic E-state index is 0.0281. The smallest absolute Gasteiger partial charge is 0.203 e. The Hall–Kier alpha value is -2.49. The molecule has 0 unspecified atom stereocenters. The third-order valence-corrected chi connectivity index (χ3v) is 4.11. The second-order valence-corrected chi connectivity index (χ2v) is 6.49. The molecule has 134 valence electrons. The van der Waals surface area contributed by atoms with Gasteiger partial charge in [0.25, 0.3) is 0 Å². The lowest BCUT2D eigenvalue weighted by Crippen LogP contribution is -2.12. The molecular weight excluding hydrogens is 316 g/mol. The van der Waals surface area contributed by atoms with Gasteiger partial charge in [-0.3, -0.25) is 4.79 Å². The molecule has 2 N–H and O–H groups in total. The number of hydrogen-bond acceptors (Lipinski definition) is 4. The summed E-state index contributed by atoms with van der Waals surface area (Å²) in [5, 5.41) is 20.0. The number of ether oxygens (including phenoxy) is 1. The van der Waals surface area contributed by atoms with Gasteiger partial charge in [-0.1, -0.05) is 25.8 Å². The molecule has 2 rings (SSSR count). The molecule has 0 fully saturated rings. The molecule has 4 nitrogen and oxygen atoms in total. The Balaban J connectivity index is 2.10. The highest BCUT2D eigenvalue weighted by Crippen LogP contribution is 2.29. The number of unbranched alkanes of at least 4 members (excludes halogenated alkanes) is 2. The Bertz CT molecular complexity index is 730. The third-order valence-electron chi connectivity index (χ3n) is 4.11. The molecule has 25 heavy (non-hydrogen) atoms. The van der Waals surface area contributed by atoms with E-state index in [9.17, 15) is 15.0 Å². The summed E-state index contributed by atoms with van der Waals surface area (Å²) in [6.07, 6.45) is 3.74. The zero-order valence-corrected chi connectivity index (χ0v) is 15.1. The van der Waals surface area contributed by atoms with Crippen LogP contribution < -0.4 is 4.74 Å². The number of aromatic hydroxyl groups is 2. The molecule has 0 aliphatic carbocycles. The van der Waals surface area contributed by atoms with Crippen molar-refractivity contribution < 1.29 is 19.7 Å². The Morgan fingerprint density at radius 2 is 1.64 bits per heavy atom. The van der Waals surface area contributed by atoms with Crippen molar-refractivity contribution in [2.45, 2.75) is 46.5 Å². The van der Waals surface area contributed by atoms with E-state index in [0.29, 0.717) is 17.7 Å². The summed E-state index contributed by atoms with van der Waals surface area (Å²) < 4.78 is 5.58. The van der Waals surface area contributed by atoms with Gasteiger partial charge in [0.15, 0.2) is 6.61 Å². The predicted molar refractivity (Wildman–Crippen MR) is 98.7 cm³/mol. The largest absolute Gasteiger partial charge is 0.508 e. The molecule has 0 spiro atoms. The number of phenols is 2. The topological polar surface area (TPSA) is 66.8 Å². The number of ketones is 1. The van der Waals surface area contributed by atoms with Crippen molar-refractivity contribution in [3.63, 3.8) is 0 Å². The fourth-order valence-electron chi connectivity index (χ4n) is 2.85. The summed E-state index contributed by atoms with van der Waals surface area (Å²) in [6, 6.07) is 8.59. The molecule has 0 bridgehead atoms. The molecule has 0 radical (unpaired) electrons. The number of carbonyl (C=O) groups excluding carboxylic acids is 1. The lowest BCUT2D eigenvalue weighted by atomic mass is 10.0. The Morgan fingerprint density at radius 3 is 2.28 bits per heavy atom. The number of phenolic OH excluding ortho intramolecular Hbond substituents is 2. The van der Waals surface area contributed by atoms with Crippen molar-refractivity contribution in [1.82, 2.24) is 0 Å². The number of Topliss-reactive ketones (excluding diaryl/α,β-unsaturated/α-hetero) is 1. The highest BCUT2D eigenvalue weighted by Gasteiger charge is 2.16. The van der Waals surface area contributed by atoms with Crippen LogP contribution >= 0.6 is 0 Å². The minimum atomic E-state index is -0.312. The zero-order chi connectivity index (χ0) is 18.4. The average molecular weight is 342 g/mol. The molecule has 0 saturated carbocycles. The Morgan fingerprint density at radius 1 is 0.960 bits per heavy atom. The van der Waals surface area contributed by atoms with Crippen molar-refractivity contribution in [2.75, 3.05) is 6.61 Å². The highest BCUT2D eigenvalue weighted by atomic mass is 16.5.